The largest absolute Gasteiger partial charge is 0.317 e. The first-order chi connectivity index (χ1) is 7.30. The topological polar surface area (TPSA) is 12.0 Å². The minimum absolute atomic E-state index is 0. The zero-order chi connectivity index (χ0) is 10.8. The summed E-state index contributed by atoms with van der Waals surface area (Å²) in [7, 11) is 2.09. The molecular formula is C13H22ClNS. The summed E-state index contributed by atoms with van der Waals surface area (Å²) in [5.74, 6) is 0. The molecule has 0 fully saturated rings. The molecule has 0 saturated carbocycles. The molecule has 1 aliphatic carbocycles. The highest BCUT2D eigenvalue weighted by atomic mass is 35.5. The summed E-state index contributed by atoms with van der Waals surface area (Å²) >= 11 is 2.06. The Hall–Kier alpha value is -0.0500. The van der Waals surface area contributed by atoms with Crippen molar-refractivity contribution in [2.45, 2.75) is 52.0 Å². The Bertz CT molecular complexity index is 346. The van der Waals surface area contributed by atoms with Crippen LogP contribution in [0.2, 0.25) is 0 Å². The highest BCUT2D eigenvalue weighted by Gasteiger charge is 2.23. The molecule has 3 heteroatoms. The second-order valence-electron chi connectivity index (χ2n) is 4.34. The van der Waals surface area contributed by atoms with Gasteiger partial charge in [-0.3, -0.25) is 0 Å². The van der Waals surface area contributed by atoms with Gasteiger partial charge in [-0.05, 0) is 50.3 Å². The zero-order valence-corrected chi connectivity index (χ0v) is 12.1. The summed E-state index contributed by atoms with van der Waals surface area (Å²) in [6, 6.07) is 0.710. The van der Waals surface area contributed by atoms with E-state index in [2.05, 4.69) is 37.5 Å². The number of hydrogen-bond donors (Lipinski definition) is 1. The molecule has 0 radical (unpaired) electrons. The molecule has 0 bridgehead atoms. The summed E-state index contributed by atoms with van der Waals surface area (Å²) in [6.07, 6.45) is 6.29. The second-order valence-corrected chi connectivity index (χ2v) is 5.53. The lowest BCUT2D eigenvalue weighted by molar-refractivity contribution is 0.495. The molecule has 1 atom stereocenters. The van der Waals surface area contributed by atoms with Gasteiger partial charge in [0.15, 0.2) is 0 Å². The SMILES string of the molecule is CCc1sc(CC)c2c1CCC(NC)C2.Cl. The van der Waals surface area contributed by atoms with Crippen molar-refractivity contribution in [3.8, 4) is 0 Å². The maximum absolute atomic E-state index is 3.43. The molecule has 1 aromatic heterocycles. The minimum atomic E-state index is 0. The van der Waals surface area contributed by atoms with Crippen molar-refractivity contribution in [1.29, 1.82) is 0 Å². The van der Waals surface area contributed by atoms with Crippen LogP contribution in [-0.4, -0.2) is 13.1 Å². The number of thiophene rings is 1. The summed E-state index contributed by atoms with van der Waals surface area (Å²) in [5, 5.41) is 3.43. The van der Waals surface area contributed by atoms with E-state index >= 15 is 0 Å². The Morgan fingerprint density at radius 2 is 1.81 bits per heavy atom. The second kappa shape index (κ2) is 6.04. The van der Waals surface area contributed by atoms with Gasteiger partial charge in [0.05, 0.1) is 0 Å². The molecule has 1 unspecified atom stereocenters. The van der Waals surface area contributed by atoms with Crippen molar-refractivity contribution in [3.05, 3.63) is 20.9 Å². The summed E-state index contributed by atoms with van der Waals surface area (Å²) < 4.78 is 0. The van der Waals surface area contributed by atoms with E-state index in [0.29, 0.717) is 6.04 Å². The third-order valence-electron chi connectivity index (χ3n) is 3.53. The minimum Gasteiger partial charge on any atom is -0.317 e. The Morgan fingerprint density at radius 3 is 2.38 bits per heavy atom. The fourth-order valence-corrected chi connectivity index (χ4v) is 3.88. The van der Waals surface area contributed by atoms with E-state index in [4.69, 9.17) is 0 Å². The van der Waals surface area contributed by atoms with Gasteiger partial charge in [-0.2, -0.15) is 0 Å². The van der Waals surface area contributed by atoms with Gasteiger partial charge < -0.3 is 5.32 Å². The molecule has 0 saturated heterocycles. The van der Waals surface area contributed by atoms with Crippen molar-refractivity contribution in [1.82, 2.24) is 5.32 Å². The highest BCUT2D eigenvalue weighted by molar-refractivity contribution is 7.12. The Balaban J connectivity index is 0.00000128. The van der Waals surface area contributed by atoms with E-state index in [0.717, 1.165) is 0 Å². The maximum Gasteiger partial charge on any atom is 0.0108 e. The van der Waals surface area contributed by atoms with E-state index in [1.165, 1.54) is 32.1 Å². The molecule has 1 aliphatic rings. The van der Waals surface area contributed by atoms with E-state index < -0.39 is 0 Å². The number of hydrogen-bond acceptors (Lipinski definition) is 2. The molecule has 1 N–H and O–H groups in total. The van der Waals surface area contributed by atoms with Gasteiger partial charge in [-0.1, -0.05) is 13.8 Å². The highest BCUT2D eigenvalue weighted by Crippen LogP contribution is 2.35. The van der Waals surface area contributed by atoms with Crippen LogP contribution in [0.1, 0.15) is 41.1 Å². The fourth-order valence-electron chi connectivity index (χ4n) is 2.62. The van der Waals surface area contributed by atoms with E-state index in [1.807, 2.05) is 0 Å². The first kappa shape index (κ1) is 14.0. The molecule has 0 spiro atoms. The first-order valence-corrected chi connectivity index (χ1v) is 6.91. The van der Waals surface area contributed by atoms with Crippen molar-refractivity contribution in [2.24, 2.45) is 0 Å². The molecule has 1 nitrogen and oxygen atoms in total. The van der Waals surface area contributed by atoms with Crippen LogP contribution in [0.4, 0.5) is 0 Å². The number of aryl methyl sites for hydroxylation is 2. The maximum atomic E-state index is 3.43. The Labute approximate surface area is 109 Å². The van der Waals surface area contributed by atoms with Crippen LogP contribution in [0.5, 0.6) is 0 Å². The van der Waals surface area contributed by atoms with E-state index in [-0.39, 0.29) is 12.4 Å². The molecule has 0 amide bonds. The van der Waals surface area contributed by atoms with Crippen LogP contribution in [-0.2, 0) is 25.7 Å². The average molecular weight is 260 g/mol. The quantitative estimate of drug-likeness (QED) is 0.878. The Kier molecular flexibility index (Phi) is 5.29. The van der Waals surface area contributed by atoms with Gasteiger partial charge in [0.25, 0.3) is 0 Å². The Morgan fingerprint density at radius 1 is 1.19 bits per heavy atom. The van der Waals surface area contributed by atoms with Crippen molar-refractivity contribution in [2.75, 3.05) is 7.05 Å². The standard InChI is InChI=1S/C13H21NS.ClH/c1-4-12-10-7-6-9(14-3)8-11(10)13(5-2)15-12;/h9,14H,4-8H2,1-3H3;1H. The third kappa shape index (κ3) is 2.44. The average Bonchev–Trinajstić information content (AvgIpc) is 2.65. The van der Waals surface area contributed by atoms with E-state index in [9.17, 15) is 0 Å². The summed E-state index contributed by atoms with van der Waals surface area (Å²) in [4.78, 5) is 3.29. The van der Waals surface area contributed by atoms with Crippen LogP contribution in [0, 0.1) is 0 Å². The van der Waals surface area contributed by atoms with Crippen molar-refractivity contribution < 1.29 is 0 Å². The van der Waals surface area contributed by atoms with Crippen LogP contribution in [0.15, 0.2) is 0 Å². The third-order valence-corrected chi connectivity index (χ3v) is 5.09. The molecule has 16 heavy (non-hydrogen) atoms. The van der Waals surface area contributed by atoms with Gasteiger partial charge in [0, 0.05) is 15.8 Å². The zero-order valence-electron chi connectivity index (χ0n) is 10.4. The smallest absolute Gasteiger partial charge is 0.0108 e. The number of fused-ring (bicyclic) bond motifs is 1. The van der Waals surface area contributed by atoms with E-state index in [1.54, 1.807) is 20.9 Å². The summed E-state index contributed by atoms with van der Waals surface area (Å²) in [5.41, 5.74) is 3.38. The number of likely N-dealkylation sites (N-methyl/N-ethyl adjacent to an activating group) is 1. The van der Waals surface area contributed by atoms with Gasteiger partial charge in [-0.25, -0.2) is 0 Å². The van der Waals surface area contributed by atoms with Crippen LogP contribution in [0.3, 0.4) is 0 Å². The monoisotopic (exact) mass is 259 g/mol. The van der Waals surface area contributed by atoms with Crippen molar-refractivity contribution in [3.63, 3.8) is 0 Å². The first-order valence-electron chi connectivity index (χ1n) is 6.09. The van der Waals surface area contributed by atoms with Crippen LogP contribution < -0.4 is 5.32 Å². The number of halogens is 1. The fraction of sp³-hybridized carbons (Fsp3) is 0.692. The van der Waals surface area contributed by atoms with Gasteiger partial charge in [-0.15, -0.1) is 23.7 Å². The van der Waals surface area contributed by atoms with Crippen molar-refractivity contribution >= 4 is 23.7 Å². The number of nitrogens with one attached hydrogen (secondary N) is 1. The molecular weight excluding hydrogens is 238 g/mol. The summed E-state index contributed by atoms with van der Waals surface area (Å²) in [6.45, 7) is 4.57. The molecule has 2 rings (SSSR count). The van der Waals surface area contributed by atoms with Crippen LogP contribution >= 0.6 is 23.7 Å². The number of rotatable bonds is 3. The predicted octanol–water partition coefficient (Wildman–Crippen LogP) is 3.37. The lowest BCUT2D eigenvalue weighted by Crippen LogP contribution is -2.31. The molecule has 0 aliphatic heterocycles. The predicted molar refractivity (Wildman–Crippen MR) is 75.2 cm³/mol. The molecule has 92 valence electrons. The normalized spacial score (nSPS) is 19.1. The van der Waals surface area contributed by atoms with Gasteiger partial charge in [0.2, 0.25) is 0 Å². The molecule has 1 aromatic rings. The molecule has 0 aromatic carbocycles. The lowest BCUT2D eigenvalue weighted by atomic mass is 9.88. The van der Waals surface area contributed by atoms with Gasteiger partial charge >= 0.3 is 0 Å². The lowest BCUT2D eigenvalue weighted by Gasteiger charge is -2.23. The van der Waals surface area contributed by atoms with Crippen LogP contribution in [0.25, 0.3) is 0 Å². The molecule has 1 heterocycles. The van der Waals surface area contributed by atoms with Gasteiger partial charge in [0.1, 0.15) is 0 Å².